The summed E-state index contributed by atoms with van der Waals surface area (Å²) in [6.07, 6.45) is -0.0789. The van der Waals surface area contributed by atoms with Crippen LogP contribution in [-0.4, -0.2) is 24.5 Å². The van der Waals surface area contributed by atoms with E-state index in [9.17, 15) is 4.79 Å². The number of hydrogen-bond donors (Lipinski definition) is 0. The zero-order valence-electron chi connectivity index (χ0n) is 15.3. The van der Waals surface area contributed by atoms with Gasteiger partial charge in [-0.15, -0.1) is 11.3 Å². The Labute approximate surface area is 163 Å². The van der Waals surface area contributed by atoms with Gasteiger partial charge in [-0.2, -0.15) is 0 Å². The molecule has 0 bridgehead atoms. The maximum absolute atomic E-state index is 12.1. The number of ether oxygens (including phenoxy) is 2. The Morgan fingerprint density at radius 3 is 2.58 bits per heavy atom. The van der Waals surface area contributed by atoms with Crippen LogP contribution in [0.1, 0.15) is 40.5 Å². The van der Waals surface area contributed by atoms with Gasteiger partial charge in [0.25, 0.3) is 0 Å². The highest BCUT2D eigenvalue weighted by molar-refractivity contribution is 7.12. The number of benzene rings is 1. The maximum atomic E-state index is 12.1. The molecule has 0 radical (unpaired) electrons. The molecule has 1 aliphatic rings. The van der Waals surface area contributed by atoms with Crippen molar-refractivity contribution in [1.82, 2.24) is 4.90 Å². The summed E-state index contributed by atoms with van der Waals surface area (Å²) in [4.78, 5) is 16.5. The van der Waals surface area contributed by atoms with E-state index in [1.807, 2.05) is 36.2 Å². The van der Waals surface area contributed by atoms with Crippen LogP contribution in [0.2, 0.25) is 5.02 Å². The molecule has 138 valence electrons. The van der Waals surface area contributed by atoms with Gasteiger partial charge in [0.15, 0.2) is 0 Å². The van der Waals surface area contributed by atoms with E-state index in [0.29, 0.717) is 17.4 Å². The lowest BCUT2D eigenvalue weighted by atomic mass is 10.1. The second-order valence-electron chi connectivity index (χ2n) is 6.23. The van der Waals surface area contributed by atoms with Crippen LogP contribution in [0, 0.1) is 13.8 Å². The second kappa shape index (κ2) is 7.72. The third-order valence-electron chi connectivity index (χ3n) is 4.42. The van der Waals surface area contributed by atoms with Crippen LogP contribution < -0.4 is 0 Å². The van der Waals surface area contributed by atoms with Crippen molar-refractivity contribution in [3.8, 4) is 0 Å². The Kier molecular flexibility index (Phi) is 5.58. The minimum atomic E-state index is -0.261. The summed E-state index contributed by atoms with van der Waals surface area (Å²) >= 11 is 7.73. The summed E-state index contributed by atoms with van der Waals surface area (Å²) < 4.78 is 11.5. The molecule has 1 aromatic carbocycles. The Hall–Kier alpha value is -1.98. The Balaban J connectivity index is 1.97. The maximum Gasteiger partial charge on any atom is 0.311 e. The molecule has 0 N–H and O–H groups in total. The van der Waals surface area contributed by atoms with E-state index >= 15 is 0 Å². The summed E-state index contributed by atoms with van der Waals surface area (Å²) in [5, 5.41) is 0.661. The summed E-state index contributed by atoms with van der Waals surface area (Å²) in [6, 6.07) is 9.60. The van der Waals surface area contributed by atoms with Gasteiger partial charge in [-0.3, -0.25) is 4.79 Å². The van der Waals surface area contributed by atoms with Gasteiger partial charge in [0.05, 0.1) is 23.6 Å². The normalized spacial score (nSPS) is 16.8. The predicted molar refractivity (Wildman–Crippen MR) is 105 cm³/mol. The van der Waals surface area contributed by atoms with Gasteiger partial charge in [0, 0.05) is 22.5 Å². The predicted octanol–water partition coefficient (Wildman–Crippen LogP) is 5.30. The van der Waals surface area contributed by atoms with Crippen LogP contribution in [0.5, 0.6) is 0 Å². The number of rotatable bonds is 5. The van der Waals surface area contributed by atoms with Crippen LogP contribution in [-0.2, 0) is 14.3 Å². The van der Waals surface area contributed by atoms with E-state index in [-0.39, 0.29) is 18.6 Å². The molecule has 0 aliphatic carbocycles. The fraction of sp³-hybridized carbons (Fsp3) is 0.350. The number of nitrogens with zero attached hydrogens (tertiary/aromatic N) is 1. The van der Waals surface area contributed by atoms with Crippen LogP contribution in [0.25, 0.3) is 5.76 Å². The molecule has 1 aromatic heterocycles. The molecule has 0 saturated carbocycles. The third kappa shape index (κ3) is 3.74. The molecule has 1 aliphatic heterocycles. The van der Waals surface area contributed by atoms with Gasteiger partial charge in [0.2, 0.25) is 6.23 Å². The van der Waals surface area contributed by atoms with Crippen LogP contribution in [0.3, 0.4) is 0 Å². The molecule has 26 heavy (non-hydrogen) atoms. The molecule has 4 nitrogen and oxygen atoms in total. The smallest absolute Gasteiger partial charge is 0.311 e. The lowest BCUT2D eigenvalue weighted by Gasteiger charge is -2.21. The van der Waals surface area contributed by atoms with Gasteiger partial charge in [0.1, 0.15) is 5.76 Å². The Morgan fingerprint density at radius 2 is 2.00 bits per heavy atom. The highest BCUT2D eigenvalue weighted by atomic mass is 35.5. The monoisotopic (exact) mass is 391 g/mol. The number of carbonyl (C=O) groups is 1. The zero-order chi connectivity index (χ0) is 18.8. The van der Waals surface area contributed by atoms with Crippen molar-refractivity contribution in [2.45, 2.75) is 33.4 Å². The molecule has 0 amide bonds. The minimum absolute atomic E-state index is 0.169. The fourth-order valence-corrected chi connectivity index (χ4v) is 4.16. The quantitative estimate of drug-likeness (QED) is 0.648. The molecule has 2 heterocycles. The minimum Gasteiger partial charge on any atom is -0.466 e. The zero-order valence-corrected chi connectivity index (χ0v) is 16.9. The standard InChI is InChI=1S/C20H22ClNO3S/c1-5-24-18(23)11-16-19(14-6-8-15(21)9-7-14)25-20(22(16)4)17-10-12(2)13(3)26-17/h6-10,20H,5,11H2,1-4H3. The van der Waals surface area contributed by atoms with Crippen LogP contribution in [0.4, 0.5) is 0 Å². The number of aryl methyl sites for hydroxylation is 2. The average molecular weight is 392 g/mol. The topological polar surface area (TPSA) is 38.8 Å². The Bertz CT molecular complexity index is 822. The lowest BCUT2D eigenvalue weighted by molar-refractivity contribution is -0.142. The average Bonchev–Trinajstić information content (AvgIpc) is 3.09. The molecule has 1 unspecified atom stereocenters. The van der Waals surface area contributed by atoms with E-state index in [0.717, 1.165) is 16.1 Å². The van der Waals surface area contributed by atoms with Gasteiger partial charge in [-0.25, -0.2) is 0 Å². The SMILES string of the molecule is CCOC(=O)CC1=C(c2ccc(Cl)cc2)OC(c2cc(C)c(C)s2)N1C. The van der Waals surface area contributed by atoms with Crippen LogP contribution in [0.15, 0.2) is 36.0 Å². The van der Waals surface area contributed by atoms with E-state index in [4.69, 9.17) is 21.1 Å². The second-order valence-corrected chi connectivity index (χ2v) is 7.96. The first kappa shape index (κ1) is 18.8. The van der Waals surface area contributed by atoms with E-state index < -0.39 is 0 Å². The molecule has 3 rings (SSSR count). The molecular weight excluding hydrogens is 370 g/mol. The highest BCUT2D eigenvalue weighted by Crippen LogP contribution is 2.43. The van der Waals surface area contributed by atoms with Crippen molar-refractivity contribution in [2.75, 3.05) is 13.7 Å². The van der Waals surface area contributed by atoms with Crippen molar-refractivity contribution >= 4 is 34.7 Å². The fourth-order valence-electron chi connectivity index (χ4n) is 2.92. The first-order valence-corrected chi connectivity index (χ1v) is 9.71. The number of halogens is 1. The first-order chi connectivity index (χ1) is 12.4. The summed E-state index contributed by atoms with van der Waals surface area (Å²) in [6.45, 7) is 6.36. The molecular formula is C20H22ClNO3S. The Morgan fingerprint density at radius 1 is 1.31 bits per heavy atom. The number of thiophene rings is 1. The molecule has 0 spiro atoms. The molecule has 6 heteroatoms. The number of carbonyl (C=O) groups excluding carboxylic acids is 1. The largest absolute Gasteiger partial charge is 0.466 e. The van der Waals surface area contributed by atoms with E-state index in [1.54, 1.807) is 18.3 Å². The van der Waals surface area contributed by atoms with Crippen molar-refractivity contribution in [3.63, 3.8) is 0 Å². The molecule has 0 fully saturated rings. The molecule has 0 saturated heterocycles. The van der Waals surface area contributed by atoms with E-state index in [1.165, 1.54) is 10.4 Å². The van der Waals surface area contributed by atoms with Crippen molar-refractivity contribution in [3.05, 3.63) is 61.9 Å². The summed E-state index contributed by atoms with van der Waals surface area (Å²) in [5.41, 5.74) is 2.96. The van der Waals surface area contributed by atoms with Gasteiger partial charge >= 0.3 is 5.97 Å². The highest BCUT2D eigenvalue weighted by Gasteiger charge is 2.35. The van der Waals surface area contributed by atoms with Crippen molar-refractivity contribution < 1.29 is 14.3 Å². The molecule has 2 aromatic rings. The number of hydrogen-bond acceptors (Lipinski definition) is 5. The lowest BCUT2D eigenvalue weighted by Crippen LogP contribution is -2.21. The van der Waals surface area contributed by atoms with Gasteiger partial charge < -0.3 is 14.4 Å². The summed E-state index contributed by atoms with van der Waals surface area (Å²) in [7, 11) is 1.95. The third-order valence-corrected chi connectivity index (χ3v) is 5.86. The first-order valence-electron chi connectivity index (χ1n) is 8.51. The van der Waals surface area contributed by atoms with E-state index in [2.05, 4.69) is 19.9 Å². The van der Waals surface area contributed by atoms with Crippen LogP contribution >= 0.6 is 22.9 Å². The number of esters is 1. The van der Waals surface area contributed by atoms with Gasteiger partial charge in [-0.1, -0.05) is 11.6 Å². The van der Waals surface area contributed by atoms with Crippen molar-refractivity contribution in [2.24, 2.45) is 0 Å². The van der Waals surface area contributed by atoms with Crippen molar-refractivity contribution in [1.29, 1.82) is 0 Å². The molecule has 1 atom stereocenters. The summed E-state index contributed by atoms with van der Waals surface area (Å²) in [5.74, 6) is 0.439. The van der Waals surface area contributed by atoms with Gasteiger partial charge in [-0.05, 0) is 56.7 Å².